The fourth-order valence-electron chi connectivity index (χ4n) is 2.27. The number of benzene rings is 1. The normalized spacial score (nSPS) is 14.3. The summed E-state index contributed by atoms with van der Waals surface area (Å²) in [5.41, 5.74) is 8.06. The summed E-state index contributed by atoms with van der Waals surface area (Å²) < 4.78 is 9.60. The molecule has 106 valence electrons. The van der Waals surface area contributed by atoms with E-state index in [-0.39, 0.29) is 0 Å². The van der Waals surface area contributed by atoms with Gasteiger partial charge in [0.05, 0.1) is 7.11 Å². The van der Waals surface area contributed by atoms with Crippen LogP contribution in [-0.4, -0.2) is 11.5 Å². The summed E-state index contributed by atoms with van der Waals surface area (Å²) in [6, 6.07) is 5.65. The minimum absolute atomic E-state index is 0.574. The van der Waals surface area contributed by atoms with Crippen molar-refractivity contribution in [1.29, 1.82) is 0 Å². The Hall–Kier alpha value is -1.46. The number of nitrogen functional groups attached to an aromatic ring is 1. The SMILES string of the molecule is COc1cccc(Cl)c1CNc1snc(N)c1C1CC1. The van der Waals surface area contributed by atoms with Crippen molar-refractivity contribution in [2.45, 2.75) is 25.3 Å². The molecule has 0 aliphatic heterocycles. The highest BCUT2D eigenvalue weighted by atomic mass is 35.5. The third-order valence-corrected chi connectivity index (χ3v) is 4.65. The fourth-order valence-corrected chi connectivity index (χ4v) is 3.30. The first-order chi connectivity index (χ1) is 9.70. The summed E-state index contributed by atoms with van der Waals surface area (Å²) in [4.78, 5) is 0. The highest BCUT2D eigenvalue weighted by molar-refractivity contribution is 7.10. The molecule has 3 N–H and O–H groups in total. The summed E-state index contributed by atoms with van der Waals surface area (Å²) >= 11 is 7.65. The van der Waals surface area contributed by atoms with Crippen LogP contribution in [-0.2, 0) is 6.54 Å². The molecule has 0 atom stereocenters. The van der Waals surface area contributed by atoms with Crippen molar-refractivity contribution >= 4 is 34.0 Å². The van der Waals surface area contributed by atoms with Gasteiger partial charge in [-0.15, -0.1) is 0 Å². The van der Waals surface area contributed by atoms with Crippen molar-refractivity contribution < 1.29 is 4.74 Å². The Labute approximate surface area is 127 Å². The van der Waals surface area contributed by atoms with Gasteiger partial charge < -0.3 is 15.8 Å². The maximum absolute atomic E-state index is 6.24. The summed E-state index contributed by atoms with van der Waals surface area (Å²) in [6.07, 6.45) is 2.40. The Kier molecular flexibility index (Phi) is 3.72. The van der Waals surface area contributed by atoms with Gasteiger partial charge in [-0.25, -0.2) is 0 Å². The number of nitrogens with two attached hydrogens (primary N) is 1. The zero-order valence-corrected chi connectivity index (χ0v) is 12.7. The summed E-state index contributed by atoms with van der Waals surface area (Å²) in [6.45, 7) is 0.601. The Morgan fingerprint density at radius 3 is 3.00 bits per heavy atom. The van der Waals surface area contributed by atoms with E-state index in [0.717, 1.165) is 16.3 Å². The van der Waals surface area contributed by atoms with Crippen molar-refractivity contribution in [3.63, 3.8) is 0 Å². The van der Waals surface area contributed by atoms with Gasteiger partial charge in [0.25, 0.3) is 0 Å². The van der Waals surface area contributed by atoms with Crippen LogP contribution in [0, 0.1) is 0 Å². The van der Waals surface area contributed by atoms with E-state index < -0.39 is 0 Å². The van der Waals surface area contributed by atoms with E-state index in [1.807, 2.05) is 18.2 Å². The molecule has 1 fully saturated rings. The van der Waals surface area contributed by atoms with E-state index in [1.54, 1.807) is 7.11 Å². The maximum Gasteiger partial charge on any atom is 0.142 e. The molecule has 0 bridgehead atoms. The van der Waals surface area contributed by atoms with E-state index in [2.05, 4.69) is 9.69 Å². The number of methoxy groups -OCH3 is 1. The van der Waals surface area contributed by atoms with Gasteiger partial charge in [-0.1, -0.05) is 17.7 Å². The first kappa shape index (κ1) is 13.5. The first-order valence-electron chi connectivity index (χ1n) is 6.51. The topological polar surface area (TPSA) is 60.2 Å². The molecule has 3 rings (SSSR count). The Morgan fingerprint density at radius 2 is 2.30 bits per heavy atom. The van der Waals surface area contributed by atoms with Crippen LogP contribution < -0.4 is 15.8 Å². The lowest BCUT2D eigenvalue weighted by molar-refractivity contribution is 0.410. The van der Waals surface area contributed by atoms with E-state index in [4.69, 9.17) is 22.1 Å². The number of ether oxygens (including phenoxy) is 1. The van der Waals surface area contributed by atoms with Gasteiger partial charge in [0.15, 0.2) is 0 Å². The van der Waals surface area contributed by atoms with Crippen molar-refractivity contribution in [2.75, 3.05) is 18.2 Å². The third kappa shape index (κ3) is 2.55. The van der Waals surface area contributed by atoms with E-state index in [9.17, 15) is 0 Å². The van der Waals surface area contributed by atoms with Crippen LogP contribution in [0.5, 0.6) is 5.75 Å². The predicted octanol–water partition coefficient (Wildman–Crippen LogP) is 3.88. The number of nitrogens with zero attached hydrogens (tertiary/aromatic N) is 1. The van der Waals surface area contributed by atoms with Crippen LogP contribution in [0.3, 0.4) is 0 Å². The molecule has 1 heterocycles. The molecule has 20 heavy (non-hydrogen) atoms. The Bertz CT molecular complexity index is 625. The minimum Gasteiger partial charge on any atom is -0.496 e. The molecule has 0 unspecified atom stereocenters. The molecule has 1 aliphatic carbocycles. The second-order valence-corrected chi connectivity index (χ2v) is 6.04. The van der Waals surface area contributed by atoms with Crippen LogP contribution in [0.1, 0.15) is 29.9 Å². The van der Waals surface area contributed by atoms with Crippen LogP contribution in [0.2, 0.25) is 5.02 Å². The number of hydrogen-bond acceptors (Lipinski definition) is 5. The van der Waals surface area contributed by atoms with Crippen LogP contribution in [0.15, 0.2) is 18.2 Å². The zero-order valence-electron chi connectivity index (χ0n) is 11.1. The van der Waals surface area contributed by atoms with Gasteiger partial charge in [-0.05, 0) is 42.4 Å². The van der Waals surface area contributed by atoms with Gasteiger partial charge in [0.2, 0.25) is 0 Å². The predicted molar refractivity (Wildman–Crippen MR) is 83.8 cm³/mol. The lowest BCUT2D eigenvalue weighted by Crippen LogP contribution is -2.03. The monoisotopic (exact) mass is 309 g/mol. The van der Waals surface area contributed by atoms with Crippen LogP contribution in [0.4, 0.5) is 10.8 Å². The summed E-state index contributed by atoms with van der Waals surface area (Å²) in [5.74, 6) is 2.02. The summed E-state index contributed by atoms with van der Waals surface area (Å²) in [5, 5.41) is 5.14. The number of halogens is 1. The molecule has 4 nitrogen and oxygen atoms in total. The smallest absolute Gasteiger partial charge is 0.142 e. The van der Waals surface area contributed by atoms with Crippen molar-refractivity contribution in [3.05, 3.63) is 34.3 Å². The number of aromatic nitrogens is 1. The maximum atomic E-state index is 6.24. The van der Waals surface area contributed by atoms with E-state index in [0.29, 0.717) is 23.3 Å². The summed E-state index contributed by atoms with van der Waals surface area (Å²) in [7, 11) is 1.65. The number of rotatable bonds is 5. The number of hydrogen-bond donors (Lipinski definition) is 2. The van der Waals surface area contributed by atoms with Crippen molar-refractivity contribution in [2.24, 2.45) is 0 Å². The molecule has 0 spiro atoms. The molecule has 1 aromatic carbocycles. The van der Waals surface area contributed by atoms with E-state index >= 15 is 0 Å². The highest BCUT2D eigenvalue weighted by Crippen LogP contribution is 2.47. The number of anilines is 2. The molecule has 1 aromatic heterocycles. The second-order valence-electron chi connectivity index (χ2n) is 4.86. The standard InChI is InChI=1S/C14H16ClN3OS/c1-19-11-4-2-3-10(15)9(11)7-17-14-12(8-5-6-8)13(16)18-20-14/h2-4,8,17H,5-7H2,1H3,(H2,16,18). The second kappa shape index (κ2) is 5.50. The Balaban J connectivity index is 1.80. The average Bonchev–Trinajstić information content (AvgIpc) is 3.21. The molecule has 2 aromatic rings. The van der Waals surface area contributed by atoms with Gasteiger partial charge in [0, 0.05) is 22.7 Å². The quantitative estimate of drug-likeness (QED) is 0.880. The molecule has 0 radical (unpaired) electrons. The lowest BCUT2D eigenvalue weighted by atomic mass is 10.2. The lowest BCUT2D eigenvalue weighted by Gasteiger charge is -2.12. The average molecular weight is 310 g/mol. The van der Waals surface area contributed by atoms with Crippen molar-refractivity contribution in [3.8, 4) is 5.75 Å². The van der Waals surface area contributed by atoms with Crippen molar-refractivity contribution in [1.82, 2.24) is 4.37 Å². The van der Waals surface area contributed by atoms with E-state index in [1.165, 1.54) is 29.9 Å². The fraction of sp³-hybridized carbons (Fsp3) is 0.357. The molecule has 0 amide bonds. The molecule has 1 aliphatic rings. The van der Waals surface area contributed by atoms with Gasteiger partial charge in [-0.3, -0.25) is 0 Å². The third-order valence-electron chi connectivity index (χ3n) is 3.46. The van der Waals surface area contributed by atoms with Gasteiger partial charge in [0.1, 0.15) is 16.6 Å². The molecule has 6 heteroatoms. The highest BCUT2D eigenvalue weighted by Gasteiger charge is 2.30. The molecule has 1 saturated carbocycles. The van der Waals surface area contributed by atoms with Crippen LogP contribution in [0.25, 0.3) is 0 Å². The largest absolute Gasteiger partial charge is 0.496 e. The van der Waals surface area contributed by atoms with Crippen LogP contribution >= 0.6 is 23.1 Å². The molecular weight excluding hydrogens is 294 g/mol. The molecule has 0 saturated heterocycles. The minimum atomic E-state index is 0.574. The van der Waals surface area contributed by atoms with Gasteiger partial charge in [-0.2, -0.15) is 4.37 Å². The molecular formula is C14H16ClN3OS. The number of nitrogens with one attached hydrogen (secondary N) is 1. The van der Waals surface area contributed by atoms with Gasteiger partial charge >= 0.3 is 0 Å². The zero-order chi connectivity index (χ0) is 14.1. The Morgan fingerprint density at radius 1 is 1.50 bits per heavy atom. The first-order valence-corrected chi connectivity index (χ1v) is 7.66.